The molecule has 0 aliphatic carbocycles. The van der Waals surface area contributed by atoms with Crippen molar-refractivity contribution in [3.63, 3.8) is 0 Å². The van der Waals surface area contributed by atoms with Crippen LogP contribution in [0.2, 0.25) is 0 Å². The van der Waals surface area contributed by atoms with E-state index in [4.69, 9.17) is 9.15 Å². The molecule has 0 aliphatic heterocycles. The number of nitrogens with one attached hydrogen (secondary N) is 1. The van der Waals surface area contributed by atoms with Crippen LogP contribution in [0, 0.1) is 0 Å². The molecule has 0 amide bonds. The maximum Gasteiger partial charge on any atom is 0.373 e. The fourth-order valence-electron chi connectivity index (χ4n) is 1.79. The van der Waals surface area contributed by atoms with Crippen LogP contribution in [0.25, 0.3) is 0 Å². The van der Waals surface area contributed by atoms with Crippen molar-refractivity contribution in [3.05, 3.63) is 23.7 Å². The molecule has 7 heteroatoms. The molecule has 1 aromatic heterocycles. The number of carbonyl (C=O) groups excluding carboxylic acids is 1. The van der Waals surface area contributed by atoms with Gasteiger partial charge >= 0.3 is 5.97 Å². The van der Waals surface area contributed by atoms with Gasteiger partial charge in [0.2, 0.25) is 5.76 Å². The number of ether oxygens (including phenoxy) is 2. The summed E-state index contributed by atoms with van der Waals surface area (Å²) in [5, 5.41) is 3.23. The first-order valence-corrected chi connectivity index (χ1v) is 6.85. The third-order valence-corrected chi connectivity index (χ3v) is 2.79. The highest BCUT2D eigenvalue weighted by molar-refractivity contribution is 5.86. The highest BCUT2D eigenvalue weighted by atomic mass is 19.3. The van der Waals surface area contributed by atoms with Gasteiger partial charge in [0.1, 0.15) is 12.4 Å². The average molecular weight is 305 g/mol. The fraction of sp³-hybridized carbons (Fsp3) is 0.643. The van der Waals surface area contributed by atoms with E-state index in [1.165, 1.54) is 13.2 Å². The lowest BCUT2D eigenvalue weighted by Crippen LogP contribution is -2.23. The number of hydrogen-bond acceptors (Lipinski definition) is 5. The number of carbonyl (C=O) groups is 1. The Morgan fingerprint density at radius 3 is 2.81 bits per heavy atom. The van der Waals surface area contributed by atoms with E-state index in [1.807, 2.05) is 6.92 Å². The molecule has 0 saturated carbocycles. The molecule has 1 atom stereocenters. The van der Waals surface area contributed by atoms with E-state index in [-0.39, 0.29) is 18.4 Å². The minimum atomic E-state index is -2.47. The molecule has 5 nitrogen and oxygen atoms in total. The number of hydrogen-bond donors (Lipinski definition) is 1. The number of rotatable bonds is 10. The SMILES string of the molecule is CCCNC(CCOCC(F)F)c1ccc(C(=O)OC)o1. The number of methoxy groups -OCH3 is 1. The molecule has 1 aromatic rings. The summed E-state index contributed by atoms with van der Waals surface area (Å²) in [5.74, 6) is 0.123. The molecule has 0 radical (unpaired) electrons. The molecular weight excluding hydrogens is 284 g/mol. The van der Waals surface area contributed by atoms with Crippen LogP contribution in [0.5, 0.6) is 0 Å². The van der Waals surface area contributed by atoms with Crippen LogP contribution < -0.4 is 5.32 Å². The smallest absolute Gasteiger partial charge is 0.373 e. The predicted octanol–water partition coefficient (Wildman–Crippen LogP) is 2.78. The molecule has 0 bridgehead atoms. The summed E-state index contributed by atoms with van der Waals surface area (Å²) in [6, 6.07) is 3.01. The van der Waals surface area contributed by atoms with Gasteiger partial charge in [-0.25, -0.2) is 13.6 Å². The van der Waals surface area contributed by atoms with Crippen molar-refractivity contribution < 1.29 is 27.5 Å². The van der Waals surface area contributed by atoms with Crippen molar-refractivity contribution in [2.75, 3.05) is 26.9 Å². The van der Waals surface area contributed by atoms with Crippen LogP contribution in [0.3, 0.4) is 0 Å². The second-order valence-electron chi connectivity index (χ2n) is 4.45. The van der Waals surface area contributed by atoms with Gasteiger partial charge in [-0.2, -0.15) is 0 Å². The molecule has 0 aliphatic rings. The van der Waals surface area contributed by atoms with Gasteiger partial charge in [-0.1, -0.05) is 6.92 Å². The van der Waals surface area contributed by atoms with E-state index in [0.29, 0.717) is 12.2 Å². The minimum absolute atomic E-state index is 0.115. The minimum Gasteiger partial charge on any atom is -0.463 e. The van der Waals surface area contributed by atoms with Gasteiger partial charge in [0, 0.05) is 6.61 Å². The number of alkyl halides is 2. The van der Waals surface area contributed by atoms with Gasteiger partial charge in [-0.15, -0.1) is 0 Å². The van der Waals surface area contributed by atoms with E-state index >= 15 is 0 Å². The van der Waals surface area contributed by atoms with Crippen molar-refractivity contribution in [1.82, 2.24) is 5.32 Å². The largest absolute Gasteiger partial charge is 0.463 e. The molecule has 0 aromatic carbocycles. The number of furan rings is 1. The van der Waals surface area contributed by atoms with E-state index in [1.54, 1.807) is 6.07 Å². The van der Waals surface area contributed by atoms with Crippen molar-refractivity contribution in [2.24, 2.45) is 0 Å². The lowest BCUT2D eigenvalue weighted by molar-refractivity contribution is 0.0138. The summed E-state index contributed by atoms with van der Waals surface area (Å²) in [7, 11) is 1.27. The van der Waals surface area contributed by atoms with E-state index in [0.717, 1.165) is 13.0 Å². The first-order valence-electron chi connectivity index (χ1n) is 6.85. The number of halogens is 2. The highest BCUT2D eigenvalue weighted by Gasteiger charge is 2.18. The molecule has 0 spiro atoms. The highest BCUT2D eigenvalue weighted by Crippen LogP contribution is 2.20. The standard InChI is InChI=1S/C14H21F2NO4/c1-3-7-17-10(6-8-20-9-13(15)16)11-4-5-12(21-11)14(18)19-2/h4-5,10,13,17H,3,6-9H2,1-2H3. The van der Waals surface area contributed by atoms with Gasteiger partial charge in [-0.3, -0.25) is 0 Å². The maximum absolute atomic E-state index is 12.0. The second-order valence-corrected chi connectivity index (χ2v) is 4.45. The van der Waals surface area contributed by atoms with Gasteiger partial charge in [0.15, 0.2) is 0 Å². The third-order valence-electron chi connectivity index (χ3n) is 2.79. The van der Waals surface area contributed by atoms with Crippen LogP contribution in [-0.4, -0.2) is 39.3 Å². The zero-order chi connectivity index (χ0) is 15.7. The Hall–Kier alpha value is -1.47. The summed E-state index contributed by atoms with van der Waals surface area (Å²) in [6.07, 6.45) is -1.08. The van der Waals surface area contributed by atoms with Crippen LogP contribution in [0.1, 0.15) is 42.1 Å². The first kappa shape index (κ1) is 17.6. The Morgan fingerprint density at radius 2 is 2.19 bits per heavy atom. The lowest BCUT2D eigenvalue weighted by atomic mass is 10.1. The Balaban J connectivity index is 2.59. The molecule has 120 valence electrons. The normalized spacial score (nSPS) is 12.6. The average Bonchev–Trinajstić information content (AvgIpc) is 2.95. The zero-order valence-electron chi connectivity index (χ0n) is 12.2. The summed E-state index contributed by atoms with van der Waals surface area (Å²) < 4.78 is 38.9. The van der Waals surface area contributed by atoms with Crippen LogP contribution >= 0.6 is 0 Å². The Bertz CT molecular complexity index is 423. The predicted molar refractivity (Wildman–Crippen MR) is 72.5 cm³/mol. The second kappa shape index (κ2) is 9.46. The van der Waals surface area contributed by atoms with Crippen molar-refractivity contribution >= 4 is 5.97 Å². The van der Waals surface area contributed by atoms with Crippen molar-refractivity contribution in [3.8, 4) is 0 Å². The van der Waals surface area contributed by atoms with Gasteiger partial charge in [0.05, 0.1) is 13.2 Å². The van der Waals surface area contributed by atoms with E-state index in [9.17, 15) is 13.6 Å². The fourth-order valence-corrected chi connectivity index (χ4v) is 1.79. The third kappa shape index (κ3) is 6.22. The molecular formula is C14H21F2NO4. The monoisotopic (exact) mass is 305 g/mol. The summed E-state index contributed by atoms with van der Waals surface area (Å²) in [4.78, 5) is 11.4. The van der Waals surface area contributed by atoms with Gasteiger partial charge < -0.3 is 19.2 Å². The molecule has 1 rings (SSSR count). The van der Waals surface area contributed by atoms with Crippen LogP contribution in [0.15, 0.2) is 16.5 Å². The Labute approximate surface area is 122 Å². The maximum atomic E-state index is 12.0. The van der Waals surface area contributed by atoms with E-state index < -0.39 is 19.0 Å². The molecule has 1 N–H and O–H groups in total. The van der Waals surface area contributed by atoms with Crippen LogP contribution in [0.4, 0.5) is 8.78 Å². The van der Waals surface area contributed by atoms with E-state index in [2.05, 4.69) is 10.1 Å². The van der Waals surface area contributed by atoms with Gasteiger partial charge in [0.25, 0.3) is 6.43 Å². The number of esters is 1. The lowest BCUT2D eigenvalue weighted by Gasteiger charge is -2.16. The zero-order valence-corrected chi connectivity index (χ0v) is 12.2. The topological polar surface area (TPSA) is 60.7 Å². The first-order chi connectivity index (χ1) is 10.1. The molecule has 21 heavy (non-hydrogen) atoms. The summed E-state index contributed by atoms with van der Waals surface area (Å²) in [5.41, 5.74) is 0. The quantitative estimate of drug-likeness (QED) is 0.532. The Kier molecular flexibility index (Phi) is 7.92. The molecule has 0 saturated heterocycles. The van der Waals surface area contributed by atoms with Gasteiger partial charge in [-0.05, 0) is 31.5 Å². The van der Waals surface area contributed by atoms with Crippen molar-refractivity contribution in [1.29, 1.82) is 0 Å². The molecule has 0 fully saturated rings. The van der Waals surface area contributed by atoms with Crippen molar-refractivity contribution in [2.45, 2.75) is 32.2 Å². The molecule has 1 heterocycles. The Morgan fingerprint density at radius 1 is 1.43 bits per heavy atom. The summed E-state index contributed by atoms with van der Waals surface area (Å²) >= 11 is 0. The summed E-state index contributed by atoms with van der Waals surface area (Å²) in [6.45, 7) is 2.36. The molecule has 1 unspecified atom stereocenters. The van der Waals surface area contributed by atoms with Crippen LogP contribution in [-0.2, 0) is 9.47 Å².